The van der Waals surface area contributed by atoms with Crippen LogP contribution < -0.4 is 5.32 Å². The zero-order valence-corrected chi connectivity index (χ0v) is 10.4. The van der Waals surface area contributed by atoms with E-state index in [4.69, 9.17) is 5.11 Å². The minimum atomic E-state index is -0.593. The van der Waals surface area contributed by atoms with Crippen LogP contribution in [0.2, 0.25) is 0 Å². The molecule has 0 spiro atoms. The fourth-order valence-electron chi connectivity index (χ4n) is 4.32. The predicted octanol–water partition coefficient (Wildman–Crippen LogP) is 2.41. The number of nitrogens with one attached hydrogen (secondary N) is 1. The Hall–Kier alpha value is -0.570. The molecule has 3 rings (SSSR count). The average Bonchev–Trinajstić information content (AvgIpc) is 2.91. The van der Waals surface area contributed by atoms with Crippen LogP contribution in [0.1, 0.15) is 51.4 Å². The quantitative estimate of drug-likeness (QED) is 0.792. The fraction of sp³-hybridized carbons (Fsp3) is 0.929. The minimum absolute atomic E-state index is 0.0974. The summed E-state index contributed by atoms with van der Waals surface area (Å²) in [6, 6.07) is 1.17. The van der Waals surface area contributed by atoms with Crippen molar-refractivity contribution in [1.82, 2.24) is 5.32 Å². The smallest absolute Gasteiger partial charge is 0.306 e. The lowest BCUT2D eigenvalue weighted by atomic mass is 9.84. The maximum atomic E-state index is 11.0. The molecule has 0 saturated heterocycles. The third-order valence-electron chi connectivity index (χ3n) is 5.21. The van der Waals surface area contributed by atoms with E-state index in [9.17, 15) is 4.79 Å². The largest absolute Gasteiger partial charge is 0.481 e. The van der Waals surface area contributed by atoms with Crippen molar-refractivity contribution in [2.75, 3.05) is 0 Å². The van der Waals surface area contributed by atoms with Crippen molar-refractivity contribution in [2.45, 2.75) is 63.5 Å². The van der Waals surface area contributed by atoms with E-state index in [2.05, 4.69) is 5.32 Å². The number of aliphatic carboxylic acids is 1. The molecule has 3 aliphatic carbocycles. The molecule has 0 aliphatic heterocycles. The molecule has 0 radical (unpaired) electrons. The highest BCUT2D eigenvalue weighted by atomic mass is 16.4. The number of carboxylic acid groups (broad SMARTS) is 1. The van der Waals surface area contributed by atoms with Crippen molar-refractivity contribution in [3.8, 4) is 0 Å². The molecule has 5 atom stereocenters. The summed E-state index contributed by atoms with van der Waals surface area (Å²) in [5.41, 5.74) is 0. The van der Waals surface area contributed by atoms with Gasteiger partial charge in [-0.15, -0.1) is 0 Å². The van der Waals surface area contributed by atoms with Crippen molar-refractivity contribution in [3.05, 3.63) is 0 Å². The van der Waals surface area contributed by atoms with Crippen LogP contribution in [0.5, 0.6) is 0 Å². The van der Waals surface area contributed by atoms with Gasteiger partial charge in [-0.05, 0) is 50.4 Å². The molecule has 5 unspecified atom stereocenters. The second kappa shape index (κ2) is 4.60. The Bertz CT molecular complexity index is 305. The number of carbonyl (C=O) groups is 1. The van der Waals surface area contributed by atoms with Gasteiger partial charge in [0, 0.05) is 12.1 Å². The van der Waals surface area contributed by atoms with Crippen LogP contribution in [0, 0.1) is 17.8 Å². The number of fused-ring (bicyclic) bond motifs is 2. The van der Waals surface area contributed by atoms with Gasteiger partial charge in [0.2, 0.25) is 0 Å². The van der Waals surface area contributed by atoms with E-state index < -0.39 is 5.97 Å². The molecule has 96 valence electrons. The molecule has 2 N–H and O–H groups in total. The van der Waals surface area contributed by atoms with Crippen LogP contribution in [0.25, 0.3) is 0 Å². The Morgan fingerprint density at radius 1 is 1.06 bits per heavy atom. The topological polar surface area (TPSA) is 49.3 Å². The van der Waals surface area contributed by atoms with Crippen molar-refractivity contribution in [1.29, 1.82) is 0 Å². The minimum Gasteiger partial charge on any atom is -0.481 e. The Labute approximate surface area is 103 Å². The molecule has 17 heavy (non-hydrogen) atoms. The Kier molecular flexibility index (Phi) is 3.12. The second-order valence-corrected chi connectivity index (χ2v) is 6.35. The summed E-state index contributed by atoms with van der Waals surface area (Å²) in [6.07, 6.45) is 9.59. The Balaban J connectivity index is 1.53. The summed E-state index contributed by atoms with van der Waals surface area (Å²) in [5, 5.41) is 12.9. The van der Waals surface area contributed by atoms with Crippen LogP contribution in [0.4, 0.5) is 0 Å². The summed E-state index contributed by atoms with van der Waals surface area (Å²) >= 11 is 0. The highest BCUT2D eigenvalue weighted by molar-refractivity contribution is 5.70. The summed E-state index contributed by atoms with van der Waals surface area (Å²) in [4.78, 5) is 11.0. The zero-order valence-electron chi connectivity index (χ0n) is 10.4. The average molecular weight is 237 g/mol. The molecule has 3 heteroatoms. The van der Waals surface area contributed by atoms with Crippen molar-refractivity contribution >= 4 is 5.97 Å². The van der Waals surface area contributed by atoms with Gasteiger partial charge in [-0.2, -0.15) is 0 Å². The van der Waals surface area contributed by atoms with E-state index in [0.717, 1.165) is 31.1 Å². The van der Waals surface area contributed by atoms with Gasteiger partial charge in [0.05, 0.1) is 5.92 Å². The highest BCUT2D eigenvalue weighted by Gasteiger charge is 2.40. The fourth-order valence-corrected chi connectivity index (χ4v) is 4.32. The maximum Gasteiger partial charge on any atom is 0.306 e. The first-order valence-electron chi connectivity index (χ1n) is 7.21. The van der Waals surface area contributed by atoms with Gasteiger partial charge in [0.1, 0.15) is 0 Å². The van der Waals surface area contributed by atoms with Gasteiger partial charge in [-0.1, -0.05) is 12.8 Å². The van der Waals surface area contributed by atoms with Gasteiger partial charge < -0.3 is 10.4 Å². The van der Waals surface area contributed by atoms with E-state index in [-0.39, 0.29) is 5.92 Å². The van der Waals surface area contributed by atoms with Crippen molar-refractivity contribution in [3.63, 3.8) is 0 Å². The van der Waals surface area contributed by atoms with Crippen molar-refractivity contribution < 1.29 is 9.90 Å². The lowest BCUT2D eigenvalue weighted by Gasteiger charge is -2.33. The van der Waals surface area contributed by atoms with Gasteiger partial charge >= 0.3 is 5.97 Å². The normalized spacial score (nSPS) is 45.1. The highest BCUT2D eigenvalue weighted by Crippen LogP contribution is 2.45. The third-order valence-corrected chi connectivity index (χ3v) is 5.21. The van der Waals surface area contributed by atoms with Gasteiger partial charge in [0.15, 0.2) is 0 Å². The Morgan fingerprint density at radius 3 is 2.59 bits per heavy atom. The molecule has 3 nitrogen and oxygen atoms in total. The molecule has 3 saturated carbocycles. The standard InChI is InChI=1S/C14H23NO2/c16-14(17)11-2-1-3-12(8-11)15-13-7-9-4-5-10(13)6-9/h9-13,15H,1-8H2,(H,16,17). The molecule has 2 bridgehead atoms. The van der Waals surface area contributed by atoms with Gasteiger partial charge in [0.25, 0.3) is 0 Å². The van der Waals surface area contributed by atoms with E-state index in [1.54, 1.807) is 0 Å². The first-order chi connectivity index (χ1) is 8.22. The molecule has 3 fully saturated rings. The van der Waals surface area contributed by atoms with Gasteiger partial charge in [-0.3, -0.25) is 4.79 Å². The lowest BCUT2D eigenvalue weighted by molar-refractivity contribution is -0.143. The van der Waals surface area contributed by atoms with E-state index in [1.165, 1.54) is 32.1 Å². The molecule has 0 amide bonds. The van der Waals surface area contributed by atoms with Crippen LogP contribution in [-0.4, -0.2) is 23.2 Å². The monoisotopic (exact) mass is 237 g/mol. The second-order valence-electron chi connectivity index (χ2n) is 6.35. The molecule has 0 heterocycles. The molecular formula is C14H23NO2. The molecule has 0 aromatic heterocycles. The van der Waals surface area contributed by atoms with Crippen LogP contribution in [-0.2, 0) is 4.79 Å². The van der Waals surface area contributed by atoms with Crippen LogP contribution >= 0.6 is 0 Å². The van der Waals surface area contributed by atoms with Crippen LogP contribution in [0.15, 0.2) is 0 Å². The lowest BCUT2D eigenvalue weighted by Crippen LogP contribution is -2.44. The number of hydrogen-bond acceptors (Lipinski definition) is 2. The predicted molar refractivity (Wildman–Crippen MR) is 65.8 cm³/mol. The van der Waals surface area contributed by atoms with Gasteiger partial charge in [-0.25, -0.2) is 0 Å². The number of hydrogen-bond donors (Lipinski definition) is 2. The first-order valence-corrected chi connectivity index (χ1v) is 7.21. The summed E-state index contributed by atoms with van der Waals surface area (Å²) < 4.78 is 0. The third kappa shape index (κ3) is 2.35. The maximum absolute atomic E-state index is 11.0. The molecule has 3 aliphatic rings. The van der Waals surface area contributed by atoms with Crippen molar-refractivity contribution in [2.24, 2.45) is 17.8 Å². The first kappa shape index (κ1) is 11.5. The van der Waals surface area contributed by atoms with E-state index in [0.29, 0.717) is 12.1 Å². The number of rotatable bonds is 3. The number of carboxylic acids is 1. The SMILES string of the molecule is O=C(O)C1CCCC(NC2CC3CCC2C3)C1. The zero-order chi connectivity index (χ0) is 11.8. The summed E-state index contributed by atoms with van der Waals surface area (Å²) in [6.45, 7) is 0. The summed E-state index contributed by atoms with van der Waals surface area (Å²) in [5.74, 6) is 1.17. The van der Waals surface area contributed by atoms with E-state index in [1.807, 2.05) is 0 Å². The molecule has 0 aromatic carbocycles. The van der Waals surface area contributed by atoms with E-state index >= 15 is 0 Å². The molecular weight excluding hydrogens is 214 g/mol. The van der Waals surface area contributed by atoms with Crippen LogP contribution in [0.3, 0.4) is 0 Å². The summed E-state index contributed by atoms with van der Waals surface area (Å²) in [7, 11) is 0. The Morgan fingerprint density at radius 2 is 1.94 bits per heavy atom. The molecule has 0 aromatic rings.